The molecule has 0 radical (unpaired) electrons. The van der Waals surface area contributed by atoms with Crippen LogP contribution in [-0.4, -0.2) is 25.2 Å². The highest BCUT2D eigenvalue weighted by Crippen LogP contribution is 2.04. The predicted molar refractivity (Wildman–Crippen MR) is 49.7 cm³/mol. The molecule has 7 heteroatoms. The average Bonchev–Trinajstić information content (AvgIpc) is 2.54. The Balaban J connectivity index is 2.52. The molecule has 2 N–H and O–H groups in total. The van der Waals surface area contributed by atoms with E-state index in [0.29, 0.717) is 6.61 Å². The molecule has 0 aliphatic carbocycles. The van der Waals surface area contributed by atoms with Crippen molar-refractivity contribution >= 4 is 10.0 Å². The van der Waals surface area contributed by atoms with Gasteiger partial charge in [0.2, 0.25) is 0 Å². The lowest BCUT2D eigenvalue weighted by Gasteiger charge is -2.06. The van der Waals surface area contributed by atoms with Crippen molar-refractivity contribution in [2.24, 2.45) is 5.92 Å². The summed E-state index contributed by atoms with van der Waals surface area (Å²) in [4.78, 5) is 6.87. The van der Waals surface area contributed by atoms with Crippen molar-refractivity contribution in [2.45, 2.75) is 18.7 Å². The minimum atomic E-state index is -3.58. The molecule has 0 saturated heterocycles. The molecule has 0 unspecified atom stereocenters. The lowest BCUT2D eigenvalue weighted by molar-refractivity contribution is 0.0719. The third kappa shape index (κ3) is 3.09. The summed E-state index contributed by atoms with van der Waals surface area (Å²) in [6.45, 7) is 4.18. The Kier molecular flexibility index (Phi) is 3.62. The molecule has 0 spiro atoms. The van der Waals surface area contributed by atoms with Gasteiger partial charge in [0.15, 0.2) is 0 Å². The first-order valence-electron chi connectivity index (χ1n) is 4.15. The number of H-pyrrole nitrogens is 1. The van der Waals surface area contributed by atoms with Gasteiger partial charge in [-0.1, -0.05) is 18.7 Å². The van der Waals surface area contributed by atoms with Gasteiger partial charge in [0.1, 0.15) is 4.90 Å². The molecule has 0 bridgehead atoms. The summed E-state index contributed by atoms with van der Waals surface area (Å²) in [5.41, 5.74) is 0. The topological polar surface area (TPSA) is 84.1 Å². The van der Waals surface area contributed by atoms with Gasteiger partial charge < -0.3 is 0 Å². The number of nitrogens with one attached hydrogen (secondary N) is 2. The second-order valence-corrected chi connectivity index (χ2v) is 4.87. The summed E-state index contributed by atoms with van der Waals surface area (Å²) in [7, 11) is -3.58. The minimum Gasteiger partial charge on any atom is -0.287 e. The van der Waals surface area contributed by atoms with Crippen LogP contribution in [0.1, 0.15) is 13.8 Å². The first kappa shape index (κ1) is 11.2. The van der Waals surface area contributed by atoms with Gasteiger partial charge in [-0.3, -0.25) is 9.94 Å². The van der Waals surface area contributed by atoms with Gasteiger partial charge >= 0.3 is 0 Å². The van der Waals surface area contributed by atoms with Gasteiger partial charge in [0, 0.05) is 6.20 Å². The van der Waals surface area contributed by atoms with E-state index in [1.807, 2.05) is 18.7 Å². The molecule has 6 nitrogen and oxygen atoms in total. The minimum absolute atomic E-state index is 0.0567. The van der Waals surface area contributed by atoms with Crippen LogP contribution in [0.5, 0.6) is 0 Å². The molecule has 0 amide bonds. The zero-order valence-corrected chi connectivity index (χ0v) is 8.84. The fraction of sp³-hybridized carbons (Fsp3) is 0.571. The van der Waals surface area contributed by atoms with Crippen molar-refractivity contribution in [2.75, 3.05) is 6.61 Å². The number of aromatic amines is 1. The van der Waals surface area contributed by atoms with Crippen molar-refractivity contribution in [1.29, 1.82) is 0 Å². The Bertz CT molecular complexity index is 358. The quantitative estimate of drug-likeness (QED) is 0.696. The predicted octanol–water partition coefficient (Wildman–Crippen LogP) is 0.276. The van der Waals surface area contributed by atoms with E-state index in [1.165, 1.54) is 12.4 Å². The van der Waals surface area contributed by atoms with Gasteiger partial charge in [0.25, 0.3) is 10.0 Å². The number of aromatic nitrogens is 2. The van der Waals surface area contributed by atoms with Crippen LogP contribution in [0.15, 0.2) is 17.3 Å². The Morgan fingerprint density at radius 3 is 2.86 bits per heavy atom. The van der Waals surface area contributed by atoms with Gasteiger partial charge in [-0.25, -0.2) is 8.42 Å². The van der Waals surface area contributed by atoms with E-state index in [0.717, 1.165) is 0 Å². The fourth-order valence-corrected chi connectivity index (χ4v) is 1.43. The van der Waals surface area contributed by atoms with E-state index >= 15 is 0 Å². The standard InChI is InChI=1S/C7H13N3O3S/c1-6(2)5-13-10-14(11,12)7-3-8-9-4-7/h3-4,6,10H,5H2,1-2H3,(H,8,9). The summed E-state index contributed by atoms with van der Waals surface area (Å²) in [6.07, 6.45) is 2.49. The van der Waals surface area contributed by atoms with Gasteiger partial charge in [-0.2, -0.15) is 5.10 Å². The van der Waals surface area contributed by atoms with Crippen LogP contribution in [0.3, 0.4) is 0 Å². The first-order valence-corrected chi connectivity index (χ1v) is 5.63. The summed E-state index contributed by atoms with van der Waals surface area (Å²) >= 11 is 0. The van der Waals surface area contributed by atoms with Gasteiger partial charge in [-0.05, 0) is 5.92 Å². The molecule has 0 aromatic carbocycles. The maximum absolute atomic E-state index is 11.4. The zero-order chi connectivity index (χ0) is 10.6. The Morgan fingerprint density at radius 2 is 2.36 bits per heavy atom. The molecule has 1 aromatic heterocycles. The molecule has 1 heterocycles. The molecule has 0 fully saturated rings. The molecular weight excluding hydrogens is 206 g/mol. The number of sulfonamides is 1. The van der Waals surface area contributed by atoms with Crippen molar-refractivity contribution in [1.82, 2.24) is 15.1 Å². The second-order valence-electron chi connectivity index (χ2n) is 3.23. The normalized spacial score (nSPS) is 12.2. The number of rotatable bonds is 5. The summed E-state index contributed by atoms with van der Waals surface area (Å²) < 4.78 is 22.8. The monoisotopic (exact) mass is 219 g/mol. The highest BCUT2D eigenvalue weighted by Gasteiger charge is 2.14. The number of nitrogens with zero attached hydrogens (tertiary/aromatic N) is 1. The molecule has 0 aliphatic heterocycles. The fourth-order valence-electron chi connectivity index (χ4n) is 0.712. The van der Waals surface area contributed by atoms with Crippen molar-refractivity contribution < 1.29 is 13.3 Å². The van der Waals surface area contributed by atoms with Crippen molar-refractivity contribution in [3.8, 4) is 0 Å². The van der Waals surface area contributed by atoms with Crippen molar-refractivity contribution in [3.05, 3.63) is 12.4 Å². The van der Waals surface area contributed by atoms with E-state index in [4.69, 9.17) is 4.84 Å². The van der Waals surface area contributed by atoms with E-state index in [2.05, 4.69) is 10.2 Å². The molecule has 1 aromatic rings. The Morgan fingerprint density at radius 1 is 1.64 bits per heavy atom. The maximum atomic E-state index is 11.4. The summed E-state index contributed by atoms with van der Waals surface area (Å²) in [5.74, 6) is 0.266. The summed E-state index contributed by atoms with van der Waals surface area (Å²) in [6, 6.07) is 0. The highest BCUT2D eigenvalue weighted by atomic mass is 32.2. The highest BCUT2D eigenvalue weighted by molar-refractivity contribution is 7.89. The third-order valence-electron chi connectivity index (χ3n) is 1.37. The molecular formula is C7H13N3O3S. The van der Waals surface area contributed by atoms with Gasteiger partial charge in [0.05, 0.1) is 12.8 Å². The molecule has 80 valence electrons. The zero-order valence-electron chi connectivity index (χ0n) is 8.02. The molecule has 0 saturated carbocycles. The Hall–Kier alpha value is -0.920. The lowest BCUT2D eigenvalue weighted by Crippen LogP contribution is -2.25. The van der Waals surface area contributed by atoms with E-state index in [9.17, 15) is 8.42 Å². The van der Waals surface area contributed by atoms with Crippen LogP contribution in [0.25, 0.3) is 0 Å². The molecule has 14 heavy (non-hydrogen) atoms. The van der Waals surface area contributed by atoms with E-state index in [1.54, 1.807) is 0 Å². The van der Waals surface area contributed by atoms with E-state index in [-0.39, 0.29) is 10.8 Å². The van der Waals surface area contributed by atoms with Crippen LogP contribution in [0.2, 0.25) is 0 Å². The maximum Gasteiger partial charge on any atom is 0.265 e. The van der Waals surface area contributed by atoms with Gasteiger partial charge in [-0.15, -0.1) is 0 Å². The van der Waals surface area contributed by atoms with Crippen LogP contribution in [-0.2, 0) is 14.9 Å². The van der Waals surface area contributed by atoms with E-state index < -0.39 is 10.0 Å². The van der Waals surface area contributed by atoms with Crippen LogP contribution in [0.4, 0.5) is 0 Å². The Labute approximate surface area is 82.7 Å². The number of hydrogen-bond donors (Lipinski definition) is 2. The number of hydrogen-bond acceptors (Lipinski definition) is 4. The molecule has 1 rings (SSSR count). The SMILES string of the molecule is CC(C)CONS(=O)(=O)c1cn[nH]c1. The van der Waals surface area contributed by atoms with Crippen LogP contribution >= 0.6 is 0 Å². The molecule has 0 aliphatic rings. The van der Waals surface area contributed by atoms with Crippen LogP contribution in [0, 0.1) is 5.92 Å². The van der Waals surface area contributed by atoms with Crippen LogP contribution < -0.4 is 4.89 Å². The smallest absolute Gasteiger partial charge is 0.265 e. The second kappa shape index (κ2) is 4.54. The average molecular weight is 219 g/mol. The third-order valence-corrected chi connectivity index (χ3v) is 2.55. The first-order chi connectivity index (χ1) is 6.52. The van der Waals surface area contributed by atoms with Crippen molar-refractivity contribution in [3.63, 3.8) is 0 Å². The molecule has 0 atom stereocenters. The lowest BCUT2D eigenvalue weighted by atomic mass is 10.2. The largest absolute Gasteiger partial charge is 0.287 e. The summed E-state index contributed by atoms with van der Waals surface area (Å²) in [5, 5.41) is 5.94.